The third-order valence-electron chi connectivity index (χ3n) is 4.34. The summed E-state index contributed by atoms with van der Waals surface area (Å²) < 4.78 is 0. The number of fused-ring (bicyclic) bond motifs is 3. The van der Waals surface area contributed by atoms with Crippen molar-refractivity contribution in [1.82, 2.24) is 0 Å². The molecule has 0 unspecified atom stereocenters. The van der Waals surface area contributed by atoms with Crippen LogP contribution in [-0.4, -0.2) is 28.2 Å². The Bertz CT molecular complexity index is 733. The zero-order valence-corrected chi connectivity index (χ0v) is 20.2. The van der Waals surface area contributed by atoms with Gasteiger partial charge in [0.1, 0.15) is 0 Å². The first kappa shape index (κ1) is 26.0. The van der Waals surface area contributed by atoms with Gasteiger partial charge in [0.15, 0.2) is 0 Å². The minimum atomic E-state index is 0. The molecule has 0 heterocycles. The molecule has 2 aromatic rings. The topological polar surface area (TPSA) is 6.48 Å². The molecule has 0 amide bonds. The predicted octanol–water partition coefficient (Wildman–Crippen LogP) is -1.50. The van der Waals surface area contributed by atoms with Gasteiger partial charge in [-0.15, -0.1) is 23.6 Å². The van der Waals surface area contributed by atoms with E-state index in [0.29, 0.717) is 0 Å². The Morgan fingerprint density at radius 3 is 2.11 bits per heavy atom. The van der Waals surface area contributed by atoms with Crippen molar-refractivity contribution in [2.75, 3.05) is 38.0 Å². The molecule has 27 heavy (non-hydrogen) atoms. The van der Waals surface area contributed by atoms with E-state index in [1.165, 1.54) is 27.9 Å². The standard InChI is InChI=1S/C17H19N2.C5H5.2ClH.Zr/c1-18(2)14-5-7-16-12(10-14)9-13-11-15(19(3)4)6-8-17(13)16;1-2-4-5-3-1;;;/h5-8,10H,9H2,1-4H3;1-3H,4H2;2*1H;/q2*-1;;;+4/p-2. The van der Waals surface area contributed by atoms with Crippen LogP contribution in [0.2, 0.25) is 0 Å². The molecule has 2 aromatic carbocycles. The second kappa shape index (κ2) is 11.7. The average Bonchev–Trinajstić information content (AvgIpc) is 3.24. The largest absolute Gasteiger partial charge is 4.00 e. The molecular formula is C22H24Cl2N2Zr. The Balaban J connectivity index is 0.000000742. The molecule has 0 spiro atoms. The van der Waals surface area contributed by atoms with Gasteiger partial charge in [-0.2, -0.15) is 18.2 Å². The maximum atomic E-state index is 3.53. The van der Waals surface area contributed by atoms with Crippen molar-refractivity contribution >= 4 is 11.4 Å². The average molecular weight is 479 g/mol. The van der Waals surface area contributed by atoms with Gasteiger partial charge in [0, 0.05) is 33.9 Å². The van der Waals surface area contributed by atoms with Crippen LogP contribution in [0.5, 0.6) is 0 Å². The van der Waals surface area contributed by atoms with Gasteiger partial charge in [0.25, 0.3) is 0 Å². The third kappa shape index (κ3) is 6.24. The van der Waals surface area contributed by atoms with E-state index in [0.717, 1.165) is 18.5 Å². The molecule has 0 aliphatic heterocycles. The second-order valence-electron chi connectivity index (χ2n) is 6.55. The van der Waals surface area contributed by atoms with Gasteiger partial charge in [-0.1, -0.05) is 17.3 Å². The normalized spacial score (nSPS) is 11.7. The first-order valence-electron chi connectivity index (χ1n) is 8.31. The Morgan fingerprint density at radius 2 is 1.59 bits per heavy atom. The molecule has 0 saturated heterocycles. The van der Waals surface area contributed by atoms with E-state index >= 15 is 0 Å². The smallest absolute Gasteiger partial charge is 1.00 e. The first-order valence-corrected chi connectivity index (χ1v) is 8.31. The number of anilines is 2. The van der Waals surface area contributed by atoms with Gasteiger partial charge >= 0.3 is 26.2 Å². The molecule has 0 saturated carbocycles. The van der Waals surface area contributed by atoms with E-state index in [4.69, 9.17) is 0 Å². The van der Waals surface area contributed by atoms with Crippen molar-refractivity contribution in [3.05, 3.63) is 71.8 Å². The summed E-state index contributed by atoms with van der Waals surface area (Å²) in [6, 6.07) is 14.6. The van der Waals surface area contributed by atoms with Crippen molar-refractivity contribution in [2.24, 2.45) is 0 Å². The number of rotatable bonds is 2. The molecule has 0 bridgehead atoms. The Kier molecular flexibility index (Phi) is 11.3. The third-order valence-corrected chi connectivity index (χ3v) is 4.34. The van der Waals surface area contributed by atoms with E-state index in [2.05, 4.69) is 86.5 Å². The molecule has 4 rings (SSSR count). The quantitative estimate of drug-likeness (QED) is 0.414. The van der Waals surface area contributed by atoms with Crippen LogP contribution < -0.4 is 34.6 Å². The monoisotopic (exact) mass is 476 g/mol. The van der Waals surface area contributed by atoms with Crippen molar-refractivity contribution in [1.29, 1.82) is 0 Å². The van der Waals surface area contributed by atoms with E-state index in [9.17, 15) is 0 Å². The van der Waals surface area contributed by atoms with Crippen molar-refractivity contribution in [3.8, 4) is 11.1 Å². The van der Waals surface area contributed by atoms with Crippen LogP contribution in [0, 0.1) is 12.1 Å². The van der Waals surface area contributed by atoms with Crippen molar-refractivity contribution < 1.29 is 51.0 Å². The van der Waals surface area contributed by atoms with E-state index < -0.39 is 0 Å². The van der Waals surface area contributed by atoms with Gasteiger partial charge < -0.3 is 34.6 Å². The molecule has 0 fully saturated rings. The van der Waals surface area contributed by atoms with Crippen LogP contribution in [0.3, 0.4) is 0 Å². The van der Waals surface area contributed by atoms with Crippen LogP contribution in [-0.2, 0) is 32.6 Å². The second-order valence-corrected chi connectivity index (χ2v) is 6.55. The summed E-state index contributed by atoms with van der Waals surface area (Å²) in [5.74, 6) is 0. The van der Waals surface area contributed by atoms with Crippen LogP contribution in [0.25, 0.3) is 11.1 Å². The Morgan fingerprint density at radius 1 is 0.889 bits per heavy atom. The molecule has 0 N–H and O–H groups in total. The minimum Gasteiger partial charge on any atom is -1.00 e. The zero-order chi connectivity index (χ0) is 17.1. The number of halogens is 2. The van der Waals surface area contributed by atoms with E-state index in [1.807, 2.05) is 12.2 Å². The molecule has 0 radical (unpaired) electrons. The zero-order valence-electron chi connectivity index (χ0n) is 16.2. The fourth-order valence-electron chi connectivity index (χ4n) is 2.98. The van der Waals surface area contributed by atoms with Crippen LogP contribution in [0.15, 0.2) is 48.6 Å². The molecule has 0 aromatic heterocycles. The Labute approximate surface area is 195 Å². The first-order chi connectivity index (χ1) is 11.6. The summed E-state index contributed by atoms with van der Waals surface area (Å²) in [7, 11) is 8.29. The predicted molar refractivity (Wildman–Crippen MR) is 104 cm³/mol. The molecule has 2 aliphatic carbocycles. The maximum Gasteiger partial charge on any atom is 4.00 e. The minimum absolute atomic E-state index is 0. The van der Waals surface area contributed by atoms with Crippen LogP contribution in [0.1, 0.15) is 17.5 Å². The van der Waals surface area contributed by atoms with Gasteiger partial charge in [0.2, 0.25) is 0 Å². The van der Waals surface area contributed by atoms with Gasteiger partial charge in [-0.05, 0) is 24.1 Å². The maximum absolute atomic E-state index is 3.53. The number of allylic oxidation sites excluding steroid dienone is 4. The van der Waals surface area contributed by atoms with Gasteiger partial charge in [-0.3, -0.25) is 6.08 Å². The number of hydrogen-bond acceptors (Lipinski definition) is 2. The van der Waals surface area contributed by atoms with E-state index in [-0.39, 0.29) is 51.0 Å². The van der Waals surface area contributed by atoms with Crippen molar-refractivity contribution in [2.45, 2.75) is 12.8 Å². The molecular weight excluding hydrogens is 454 g/mol. The number of benzene rings is 2. The Hall–Kier alpha value is -1.02. The number of hydrogen-bond donors (Lipinski definition) is 0. The van der Waals surface area contributed by atoms with Crippen LogP contribution in [0.4, 0.5) is 11.4 Å². The summed E-state index contributed by atoms with van der Waals surface area (Å²) >= 11 is 0. The summed E-state index contributed by atoms with van der Waals surface area (Å²) in [5.41, 5.74) is 7.84. The number of nitrogens with zero attached hydrogens (tertiary/aromatic N) is 2. The fraction of sp³-hybridized carbons (Fsp3) is 0.273. The fourth-order valence-corrected chi connectivity index (χ4v) is 2.98. The summed E-state index contributed by atoms with van der Waals surface area (Å²) in [6.07, 6.45) is 11.0. The van der Waals surface area contributed by atoms with Crippen molar-refractivity contribution in [3.63, 3.8) is 0 Å². The van der Waals surface area contributed by atoms with Gasteiger partial charge in [0.05, 0.1) is 0 Å². The molecule has 140 valence electrons. The van der Waals surface area contributed by atoms with Gasteiger partial charge in [-0.25, -0.2) is 12.2 Å². The van der Waals surface area contributed by atoms with Crippen LogP contribution >= 0.6 is 0 Å². The molecule has 2 aliphatic rings. The summed E-state index contributed by atoms with van der Waals surface area (Å²) in [5, 5.41) is 0. The molecule has 2 nitrogen and oxygen atoms in total. The molecule has 0 atom stereocenters. The van der Waals surface area contributed by atoms with E-state index in [1.54, 1.807) is 0 Å². The summed E-state index contributed by atoms with van der Waals surface area (Å²) in [6.45, 7) is 0. The SMILES string of the molecule is CN(C)c1[c-]c2c(cc1)-c1ccc(N(C)C)cc1C2.[C-]1=CC=CC1.[Cl-].[Cl-].[Zr+4]. The summed E-state index contributed by atoms with van der Waals surface area (Å²) in [4.78, 5) is 4.26. The molecule has 5 heteroatoms.